The third-order valence-corrected chi connectivity index (χ3v) is 3.81. The van der Waals surface area contributed by atoms with Crippen LogP contribution < -0.4 is 10.2 Å². The van der Waals surface area contributed by atoms with Crippen LogP contribution in [0.5, 0.6) is 0 Å². The molecular formula is C13H14N4OS. The number of nitrogens with one attached hydrogen (secondary N) is 1. The van der Waals surface area contributed by atoms with E-state index in [2.05, 4.69) is 15.3 Å². The molecule has 0 saturated carbocycles. The Morgan fingerprint density at radius 1 is 1.37 bits per heavy atom. The van der Waals surface area contributed by atoms with Gasteiger partial charge in [-0.1, -0.05) is 6.07 Å². The van der Waals surface area contributed by atoms with Crippen LogP contribution in [-0.4, -0.2) is 22.4 Å². The lowest BCUT2D eigenvalue weighted by Crippen LogP contribution is -2.24. The highest BCUT2D eigenvalue weighted by Crippen LogP contribution is 2.23. The molecule has 1 aliphatic heterocycles. The zero-order chi connectivity index (χ0) is 13.2. The van der Waals surface area contributed by atoms with Gasteiger partial charge in [0.2, 0.25) is 5.91 Å². The van der Waals surface area contributed by atoms with Gasteiger partial charge < -0.3 is 5.32 Å². The number of carbonyl (C=O) groups excluding carboxylic acids is 1. The molecule has 2 aromatic heterocycles. The van der Waals surface area contributed by atoms with E-state index in [1.54, 1.807) is 16.2 Å². The Morgan fingerprint density at radius 2 is 2.26 bits per heavy atom. The molecule has 0 bridgehead atoms. The van der Waals surface area contributed by atoms with Crippen LogP contribution in [0.15, 0.2) is 23.6 Å². The zero-order valence-corrected chi connectivity index (χ0v) is 11.4. The van der Waals surface area contributed by atoms with Gasteiger partial charge in [-0.25, -0.2) is 9.97 Å². The van der Waals surface area contributed by atoms with Crippen LogP contribution >= 0.6 is 11.3 Å². The summed E-state index contributed by atoms with van der Waals surface area (Å²) >= 11 is 1.54. The standard InChI is InChI=1S/C13H14N4OS/c1-9-8-19-13(14-9)16-10-4-2-5-11(15-10)17-7-3-6-12(17)18/h2,4-5,8H,3,6-7H2,1H3,(H,14,15,16). The maximum absolute atomic E-state index is 11.7. The van der Waals surface area contributed by atoms with Gasteiger partial charge in [-0.3, -0.25) is 9.69 Å². The number of hydrogen-bond acceptors (Lipinski definition) is 5. The van der Waals surface area contributed by atoms with Gasteiger partial charge in [0.25, 0.3) is 0 Å². The van der Waals surface area contributed by atoms with Gasteiger partial charge in [0.05, 0.1) is 5.69 Å². The minimum absolute atomic E-state index is 0.148. The van der Waals surface area contributed by atoms with Crippen molar-refractivity contribution in [3.05, 3.63) is 29.3 Å². The maximum atomic E-state index is 11.7. The third-order valence-electron chi connectivity index (χ3n) is 2.94. The monoisotopic (exact) mass is 274 g/mol. The highest BCUT2D eigenvalue weighted by atomic mass is 32.1. The molecule has 1 saturated heterocycles. The summed E-state index contributed by atoms with van der Waals surface area (Å²) in [4.78, 5) is 22.2. The summed E-state index contributed by atoms with van der Waals surface area (Å²) in [6.07, 6.45) is 1.52. The van der Waals surface area contributed by atoms with Gasteiger partial charge in [0, 0.05) is 18.3 Å². The smallest absolute Gasteiger partial charge is 0.228 e. The zero-order valence-electron chi connectivity index (χ0n) is 10.6. The average Bonchev–Trinajstić information content (AvgIpc) is 2.99. The number of nitrogens with zero attached hydrogens (tertiary/aromatic N) is 3. The molecule has 98 valence electrons. The van der Waals surface area contributed by atoms with Gasteiger partial charge in [-0.15, -0.1) is 11.3 Å². The minimum atomic E-state index is 0.148. The Hall–Kier alpha value is -1.95. The third kappa shape index (κ3) is 2.58. The number of carbonyl (C=O) groups is 1. The molecule has 1 N–H and O–H groups in total. The van der Waals surface area contributed by atoms with Crippen molar-refractivity contribution in [2.75, 3.05) is 16.8 Å². The van der Waals surface area contributed by atoms with Crippen molar-refractivity contribution in [3.8, 4) is 0 Å². The normalized spacial score (nSPS) is 15.0. The van der Waals surface area contributed by atoms with Crippen molar-refractivity contribution in [1.29, 1.82) is 0 Å². The van der Waals surface area contributed by atoms with E-state index >= 15 is 0 Å². The van der Waals surface area contributed by atoms with Crippen LogP contribution in [0.1, 0.15) is 18.5 Å². The number of rotatable bonds is 3. The Balaban J connectivity index is 1.81. The summed E-state index contributed by atoms with van der Waals surface area (Å²) in [6.45, 7) is 2.71. The summed E-state index contributed by atoms with van der Waals surface area (Å²) in [5.74, 6) is 1.57. The predicted octanol–water partition coefficient (Wildman–Crippen LogP) is 2.72. The molecule has 3 rings (SSSR count). The summed E-state index contributed by atoms with van der Waals surface area (Å²) in [5, 5.41) is 5.96. The van der Waals surface area contributed by atoms with Crippen LogP contribution in [0.2, 0.25) is 0 Å². The lowest BCUT2D eigenvalue weighted by atomic mass is 10.4. The van der Waals surface area contributed by atoms with Crippen molar-refractivity contribution >= 4 is 34.0 Å². The van der Waals surface area contributed by atoms with E-state index in [9.17, 15) is 4.79 Å². The largest absolute Gasteiger partial charge is 0.316 e. The highest BCUT2D eigenvalue weighted by molar-refractivity contribution is 7.13. The van der Waals surface area contributed by atoms with Gasteiger partial charge in [0.15, 0.2) is 5.13 Å². The second kappa shape index (κ2) is 4.97. The number of thiazole rings is 1. The van der Waals surface area contributed by atoms with Crippen molar-refractivity contribution in [2.45, 2.75) is 19.8 Å². The number of aryl methyl sites for hydroxylation is 1. The summed E-state index contributed by atoms with van der Waals surface area (Å²) in [5.41, 5.74) is 0.985. The molecule has 0 unspecified atom stereocenters. The van der Waals surface area contributed by atoms with Crippen molar-refractivity contribution in [3.63, 3.8) is 0 Å². The number of pyridine rings is 1. The van der Waals surface area contributed by atoms with Crippen LogP contribution in [0.3, 0.4) is 0 Å². The lowest BCUT2D eigenvalue weighted by Gasteiger charge is -2.15. The molecule has 0 aromatic carbocycles. The van der Waals surface area contributed by atoms with Crippen molar-refractivity contribution in [2.24, 2.45) is 0 Å². The molecule has 6 heteroatoms. The van der Waals surface area contributed by atoms with E-state index < -0.39 is 0 Å². The van der Waals surface area contributed by atoms with E-state index in [1.165, 1.54) is 0 Å². The van der Waals surface area contributed by atoms with Gasteiger partial charge in [-0.05, 0) is 25.5 Å². The molecule has 1 amide bonds. The van der Waals surface area contributed by atoms with Crippen LogP contribution in [0.25, 0.3) is 0 Å². The molecular weight excluding hydrogens is 260 g/mol. The second-order valence-corrected chi connectivity index (χ2v) is 5.31. The Bertz CT molecular complexity index is 610. The summed E-state index contributed by atoms with van der Waals surface area (Å²) < 4.78 is 0. The number of hydrogen-bond donors (Lipinski definition) is 1. The average molecular weight is 274 g/mol. The SMILES string of the molecule is Cc1csc(Nc2cccc(N3CCCC3=O)n2)n1. The van der Waals surface area contributed by atoms with E-state index in [0.717, 1.165) is 23.8 Å². The van der Waals surface area contributed by atoms with Gasteiger partial charge in [0.1, 0.15) is 11.6 Å². The van der Waals surface area contributed by atoms with E-state index in [1.807, 2.05) is 30.5 Å². The first kappa shape index (κ1) is 12.1. The molecule has 0 spiro atoms. The van der Waals surface area contributed by atoms with E-state index in [0.29, 0.717) is 18.1 Å². The predicted molar refractivity (Wildman–Crippen MR) is 76.0 cm³/mol. The fraction of sp³-hybridized carbons (Fsp3) is 0.308. The highest BCUT2D eigenvalue weighted by Gasteiger charge is 2.22. The van der Waals surface area contributed by atoms with Crippen molar-refractivity contribution < 1.29 is 4.79 Å². The Kier molecular flexibility index (Phi) is 3.16. The fourth-order valence-electron chi connectivity index (χ4n) is 2.05. The molecule has 0 atom stereocenters. The first-order valence-corrected chi connectivity index (χ1v) is 7.07. The first-order valence-electron chi connectivity index (χ1n) is 6.19. The molecule has 2 aromatic rings. The molecule has 1 aliphatic rings. The quantitative estimate of drug-likeness (QED) is 0.935. The van der Waals surface area contributed by atoms with Crippen LogP contribution in [0, 0.1) is 6.92 Å². The molecule has 5 nitrogen and oxygen atoms in total. The molecule has 3 heterocycles. The van der Waals surface area contributed by atoms with Gasteiger partial charge in [-0.2, -0.15) is 0 Å². The fourth-order valence-corrected chi connectivity index (χ4v) is 2.75. The molecule has 0 aliphatic carbocycles. The second-order valence-electron chi connectivity index (χ2n) is 4.45. The van der Waals surface area contributed by atoms with E-state index in [4.69, 9.17) is 0 Å². The minimum Gasteiger partial charge on any atom is -0.316 e. The molecule has 1 fully saturated rings. The number of aromatic nitrogens is 2. The van der Waals surface area contributed by atoms with E-state index in [-0.39, 0.29) is 5.91 Å². The molecule has 19 heavy (non-hydrogen) atoms. The number of amides is 1. The first-order chi connectivity index (χ1) is 9.22. The Labute approximate surface area is 115 Å². The summed E-state index contributed by atoms with van der Waals surface area (Å²) in [6, 6.07) is 5.64. The lowest BCUT2D eigenvalue weighted by molar-refractivity contribution is -0.117. The van der Waals surface area contributed by atoms with Crippen LogP contribution in [0.4, 0.5) is 16.8 Å². The summed E-state index contributed by atoms with van der Waals surface area (Å²) in [7, 11) is 0. The maximum Gasteiger partial charge on any atom is 0.228 e. The number of anilines is 3. The van der Waals surface area contributed by atoms with Gasteiger partial charge >= 0.3 is 0 Å². The van der Waals surface area contributed by atoms with Crippen molar-refractivity contribution in [1.82, 2.24) is 9.97 Å². The van der Waals surface area contributed by atoms with Crippen LogP contribution in [-0.2, 0) is 4.79 Å². The Morgan fingerprint density at radius 3 is 2.95 bits per heavy atom. The topological polar surface area (TPSA) is 58.1 Å². The molecule has 0 radical (unpaired) electrons.